The van der Waals surface area contributed by atoms with E-state index in [4.69, 9.17) is 0 Å². The first-order valence-electron chi connectivity index (χ1n) is 6.59. The fourth-order valence-electron chi connectivity index (χ4n) is 2.05. The number of benzene rings is 2. The molecule has 1 aromatic heterocycles. The number of rotatable bonds is 4. The molecule has 0 saturated carbocycles. The molecule has 0 amide bonds. The average molecular weight is 361 g/mol. The Morgan fingerprint density at radius 1 is 1.10 bits per heavy atom. The highest BCUT2D eigenvalue weighted by atomic mass is 79.9. The minimum atomic E-state index is -0.0655. The Labute approximate surface area is 134 Å². The molecule has 3 rings (SSSR count). The highest BCUT2D eigenvalue weighted by Crippen LogP contribution is 2.21. The van der Waals surface area contributed by atoms with E-state index in [1.807, 2.05) is 30.3 Å². The number of thioether (sulfide) groups is 1. The van der Waals surface area contributed by atoms with Crippen LogP contribution in [0.1, 0.15) is 5.82 Å². The maximum Gasteiger partial charge on any atom is 0.258 e. The van der Waals surface area contributed by atoms with Crippen molar-refractivity contribution in [1.82, 2.24) is 9.97 Å². The summed E-state index contributed by atoms with van der Waals surface area (Å²) in [6, 6.07) is 15.6. The lowest BCUT2D eigenvalue weighted by atomic mass is 10.2. The van der Waals surface area contributed by atoms with Crippen LogP contribution >= 0.6 is 27.7 Å². The smallest absolute Gasteiger partial charge is 0.258 e. The molecule has 0 fully saturated rings. The molecule has 21 heavy (non-hydrogen) atoms. The Morgan fingerprint density at radius 2 is 1.86 bits per heavy atom. The highest BCUT2D eigenvalue weighted by molar-refractivity contribution is 9.10. The summed E-state index contributed by atoms with van der Waals surface area (Å²) in [5.41, 5.74) is 0.689. The molecular formula is C16H13BrN2OS. The van der Waals surface area contributed by atoms with Gasteiger partial charge >= 0.3 is 0 Å². The van der Waals surface area contributed by atoms with Gasteiger partial charge in [0.05, 0.1) is 10.9 Å². The van der Waals surface area contributed by atoms with Crippen molar-refractivity contribution >= 4 is 38.6 Å². The van der Waals surface area contributed by atoms with Crippen LogP contribution in [-0.2, 0) is 6.42 Å². The van der Waals surface area contributed by atoms with Gasteiger partial charge in [0.25, 0.3) is 5.56 Å². The average Bonchev–Trinajstić information content (AvgIpc) is 2.49. The number of para-hydroxylation sites is 1. The second-order valence-electron chi connectivity index (χ2n) is 4.58. The van der Waals surface area contributed by atoms with Gasteiger partial charge in [-0.05, 0) is 36.4 Å². The monoisotopic (exact) mass is 360 g/mol. The molecule has 3 nitrogen and oxygen atoms in total. The molecule has 3 aromatic rings. The van der Waals surface area contributed by atoms with Crippen LogP contribution in [0, 0.1) is 0 Å². The van der Waals surface area contributed by atoms with Crippen molar-refractivity contribution < 1.29 is 0 Å². The van der Waals surface area contributed by atoms with Gasteiger partial charge in [-0.15, -0.1) is 11.8 Å². The molecule has 0 unspecified atom stereocenters. The molecule has 0 saturated heterocycles. The van der Waals surface area contributed by atoms with Crippen LogP contribution < -0.4 is 5.56 Å². The summed E-state index contributed by atoms with van der Waals surface area (Å²) in [5, 5.41) is 0.641. The van der Waals surface area contributed by atoms with Gasteiger partial charge in [0, 0.05) is 21.5 Å². The second kappa shape index (κ2) is 6.45. The van der Waals surface area contributed by atoms with E-state index in [9.17, 15) is 4.79 Å². The van der Waals surface area contributed by atoms with Crippen molar-refractivity contribution in [2.75, 3.05) is 5.75 Å². The number of hydrogen-bond acceptors (Lipinski definition) is 3. The summed E-state index contributed by atoms with van der Waals surface area (Å²) < 4.78 is 1.08. The first kappa shape index (κ1) is 14.4. The molecule has 0 spiro atoms. The number of hydrogen-bond donors (Lipinski definition) is 1. The van der Waals surface area contributed by atoms with Crippen LogP contribution in [-0.4, -0.2) is 15.7 Å². The third-order valence-electron chi connectivity index (χ3n) is 3.08. The van der Waals surface area contributed by atoms with Gasteiger partial charge in [-0.1, -0.05) is 28.1 Å². The van der Waals surface area contributed by atoms with E-state index in [1.165, 1.54) is 4.90 Å². The third kappa shape index (κ3) is 3.54. The zero-order chi connectivity index (χ0) is 14.7. The van der Waals surface area contributed by atoms with Crippen LogP contribution in [0.5, 0.6) is 0 Å². The Morgan fingerprint density at radius 3 is 2.67 bits per heavy atom. The van der Waals surface area contributed by atoms with Gasteiger partial charge in [-0.25, -0.2) is 4.98 Å². The summed E-state index contributed by atoms with van der Waals surface area (Å²) in [5.74, 6) is 1.62. The molecular weight excluding hydrogens is 348 g/mol. The maximum absolute atomic E-state index is 12.0. The quantitative estimate of drug-likeness (QED) is 0.714. The van der Waals surface area contributed by atoms with Gasteiger partial charge in [-0.2, -0.15) is 0 Å². The van der Waals surface area contributed by atoms with Crippen molar-refractivity contribution in [2.45, 2.75) is 11.3 Å². The first-order valence-corrected chi connectivity index (χ1v) is 8.36. The molecule has 1 N–H and O–H groups in total. The Balaban J connectivity index is 1.70. The maximum atomic E-state index is 12.0. The molecule has 1 heterocycles. The highest BCUT2D eigenvalue weighted by Gasteiger charge is 2.03. The molecule has 0 atom stereocenters. The summed E-state index contributed by atoms with van der Waals surface area (Å²) in [4.78, 5) is 20.5. The molecule has 2 aromatic carbocycles. The third-order valence-corrected chi connectivity index (χ3v) is 4.63. The fourth-order valence-corrected chi connectivity index (χ4v) is 3.17. The number of nitrogens with one attached hydrogen (secondary N) is 1. The number of halogens is 1. The van der Waals surface area contributed by atoms with Gasteiger partial charge in [0.2, 0.25) is 0 Å². The van der Waals surface area contributed by atoms with Gasteiger partial charge in [0.15, 0.2) is 0 Å². The lowest BCUT2D eigenvalue weighted by Gasteiger charge is -2.03. The SMILES string of the molecule is O=c1[nH]c(CCSc2ccc(Br)cc2)nc2ccccc12. The number of aryl methyl sites for hydroxylation is 1. The predicted octanol–water partition coefficient (Wildman–Crippen LogP) is 4.02. The predicted molar refractivity (Wildman–Crippen MR) is 90.9 cm³/mol. The van der Waals surface area contributed by atoms with Crippen LogP contribution in [0.2, 0.25) is 0 Å². The summed E-state index contributed by atoms with van der Waals surface area (Å²) >= 11 is 5.17. The van der Waals surface area contributed by atoms with Crippen molar-refractivity contribution in [2.24, 2.45) is 0 Å². The standard InChI is InChI=1S/C16H13BrN2OS/c17-11-5-7-12(8-6-11)21-10-9-15-18-14-4-2-1-3-13(14)16(20)19-15/h1-8H,9-10H2,(H,18,19,20). The molecule has 0 aliphatic carbocycles. The van der Waals surface area contributed by atoms with Crippen molar-refractivity contribution in [3.63, 3.8) is 0 Å². The van der Waals surface area contributed by atoms with E-state index in [2.05, 4.69) is 38.0 Å². The van der Waals surface area contributed by atoms with E-state index in [-0.39, 0.29) is 5.56 Å². The number of aromatic amines is 1. The molecule has 0 aliphatic rings. The zero-order valence-electron chi connectivity index (χ0n) is 11.2. The van der Waals surface area contributed by atoms with E-state index in [0.717, 1.165) is 28.0 Å². The summed E-state index contributed by atoms with van der Waals surface area (Å²) in [7, 11) is 0. The van der Waals surface area contributed by atoms with Gasteiger partial charge < -0.3 is 4.98 Å². The Kier molecular flexibility index (Phi) is 4.41. The lowest BCUT2D eigenvalue weighted by Crippen LogP contribution is -2.12. The fraction of sp³-hybridized carbons (Fsp3) is 0.125. The largest absolute Gasteiger partial charge is 0.310 e. The zero-order valence-corrected chi connectivity index (χ0v) is 13.6. The van der Waals surface area contributed by atoms with Crippen LogP contribution in [0.3, 0.4) is 0 Å². The van der Waals surface area contributed by atoms with Crippen molar-refractivity contribution in [3.8, 4) is 0 Å². The van der Waals surface area contributed by atoms with Crippen molar-refractivity contribution in [3.05, 3.63) is 69.2 Å². The normalized spacial score (nSPS) is 10.9. The second-order valence-corrected chi connectivity index (χ2v) is 6.67. The molecule has 0 bridgehead atoms. The number of H-pyrrole nitrogens is 1. The Bertz CT molecular complexity index is 814. The van der Waals surface area contributed by atoms with E-state index in [0.29, 0.717) is 5.39 Å². The number of nitrogens with zero attached hydrogens (tertiary/aromatic N) is 1. The van der Waals surface area contributed by atoms with Crippen LogP contribution in [0.4, 0.5) is 0 Å². The van der Waals surface area contributed by atoms with Gasteiger partial charge in [0.1, 0.15) is 5.82 Å². The number of fused-ring (bicyclic) bond motifs is 1. The van der Waals surface area contributed by atoms with E-state index in [1.54, 1.807) is 17.8 Å². The topological polar surface area (TPSA) is 45.8 Å². The lowest BCUT2D eigenvalue weighted by molar-refractivity contribution is 0.952. The molecule has 5 heteroatoms. The summed E-state index contributed by atoms with van der Waals surface area (Å²) in [6.45, 7) is 0. The molecule has 0 aliphatic heterocycles. The molecule has 0 radical (unpaired) electrons. The number of aromatic nitrogens is 2. The minimum Gasteiger partial charge on any atom is -0.310 e. The van der Waals surface area contributed by atoms with Gasteiger partial charge in [-0.3, -0.25) is 4.79 Å². The molecule has 106 valence electrons. The minimum absolute atomic E-state index is 0.0655. The van der Waals surface area contributed by atoms with Crippen LogP contribution in [0.25, 0.3) is 10.9 Å². The van der Waals surface area contributed by atoms with Crippen molar-refractivity contribution in [1.29, 1.82) is 0 Å². The van der Waals surface area contributed by atoms with E-state index < -0.39 is 0 Å². The van der Waals surface area contributed by atoms with E-state index >= 15 is 0 Å². The first-order chi connectivity index (χ1) is 10.2. The van der Waals surface area contributed by atoms with Crippen LogP contribution in [0.15, 0.2) is 62.7 Å². The summed E-state index contributed by atoms with van der Waals surface area (Å²) in [6.07, 6.45) is 0.737. The Hall–Kier alpha value is -1.59.